The van der Waals surface area contributed by atoms with E-state index in [9.17, 15) is 4.79 Å². The molecule has 0 aromatic carbocycles. The van der Waals surface area contributed by atoms with Crippen LogP contribution in [-0.4, -0.2) is 36.6 Å². The Morgan fingerprint density at radius 1 is 1.53 bits per heavy atom. The van der Waals surface area contributed by atoms with Crippen molar-refractivity contribution in [1.82, 2.24) is 4.90 Å². The molecule has 1 rings (SSSR count). The van der Waals surface area contributed by atoms with Gasteiger partial charge in [0.15, 0.2) is 0 Å². The quantitative estimate of drug-likeness (QED) is 0.715. The van der Waals surface area contributed by atoms with Crippen LogP contribution in [0.5, 0.6) is 0 Å². The standard InChI is InChI=1S/C12H23NO2/c1-4-11-7-6-8-13(9-11)12(14)10(3)15-5-2/h10-11H,4-9H2,1-3H3. The fourth-order valence-corrected chi connectivity index (χ4v) is 2.18. The van der Waals surface area contributed by atoms with Crippen molar-refractivity contribution in [3.05, 3.63) is 0 Å². The lowest BCUT2D eigenvalue weighted by Crippen LogP contribution is -2.44. The first-order valence-corrected chi connectivity index (χ1v) is 6.09. The second kappa shape index (κ2) is 6.11. The molecule has 1 aliphatic heterocycles. The molecule has 1 fully saturated rings. The van der Waals surface area contributed by atoms with Gasteiger partial charge in [-0.2, -0.15) is 0 Å². The van der Waals surface area contributed by atoms with Gasteiger partial charge in [0.25, 0.3) is 5.91 Å². The minimum atomic E-state index is -0.273. The van der Waals surface area contributed by atoms with Crippen LogP contribution in [0.1, 0.15) is 40.0 Å². The molecular formula is C12H23NO2. The van der Waals surface area contributed by atoms with Crippen LogP contribution in [0.15, 0.2) is 0 Å². The Bertz CT molecular complexity index is 206. The number of nitrogens with zero attached hydrogens (tertiary/aromatic N) is 1. The van der Waals surface area contributed by atoms with Crippen LogP contribution in [0, 0.1) is 5.92 Å². The van der Waals surface area contributed by atoms with Crippen molar-refractivity contribution in [3.8, 4) is 0 Å². The van der Waals surface area contributed by atoms with E-state index in [2.05, 4.69) is 6.92 Å². The van der Waals surface area contributed by atoms with Crippen molar-refractivity contribution >= 4 is 5.91 Å². The summed E-state index contributed by atoms with van der Waals surface area (Å²) in [6.07, 6.45) is 3.31. The van der Waals surface area contributed by atoms with Gasteiger partial charge >= 0.3 is 0 Å². The highest BCUT2D eigenvalue weighted by atomic mass is 16.5. The molecule has 1 heterocycles. The first kappa shape index (κ1) is 12.5. The lowest BCUT2D eigenvalue weighted by atomic mass is 9.95. The van der Waals surface area contributed by atoms with Gasteiger partial charge in [0.2, 0.25) is 0 Å². The van der Waals surface area contributed by atoms with Crippen molar-refractivity contribution in [1.29, 1.82) is 0 Å². The summed E-state index contributed by atoms with van der Waals surface area (Å²) in [6.45, 7) is 8.41. The SMILES string of the molecule is CCOC(C)C(=O)N1CCCC(CC)C1. The highest BCUT2D eigenvalue weighted by Gasteiger charge is 2.25. The lowest BCUT2D eigenvalue weighted by molar-refractivity contribution is -0.144. The minimum Gasteiger partial charge on any atom is -0.369 e. The smallest absolute Gasteiger partial charge is 0.251 e. The van der Waals surface area contributed by atoms with E-state index < -0.39 is 0 Å². The van der Waals surface area contributed by atoms with Gasteiger partial charge in [-0.1, -0.05) is 13.3 Å². The topological polar surface area (TPSA) is 29.5 Å². The second-order valence-electron chi connectivity index (χ2n) is 4.30. The van der Waals surface area contributed by atoms with Crippen molar-refractivity contribution < 1.29 is 9.53 Å². The number of carbonyl (C=O) groups excluding carboxylic acids is 1. The van der Waals surface area contributed by atoms with E-state index in [1.165, 1.54) is 12.8 Å². The van der Waals surface area contributed by atoms with Crippen molar-refractivity contribution in [2.45, 2.75) is 46.1 Å². The molecule has 1 saturated heterocycles. The van der Waals surface area contributed by atoms with E-state index in [0.29, 0.717) is 12.5 Å². The predicted molar refractivity (Wildman–Crippen MR) is 60.7 cm³/mol. The van der Waals surface area contributed by atoms with Crippen molar-refractivity contribution in [3.63, 3.8) is 0 Å². The van der Waals surface area contributed by atoms with Crippen LogP contribution in [-0.2, 0) is 9.53 Å². The summed E-state index contributed by atoms with van der Waals surface area (Å²) in [6, 6.07) is 0. The molecule has 15 heavy (non-hydrogen) atoms. The summed E-state index contributed by atoms with van der Waals surface area (Å²) in [5, 5.41) is 0. The number of hydrogen-bond acceptors (Lipinski definition) is 2. The minimum absolute atomic E-state index is 0.162. The zero-order chi connectivity index (χ0) is 11.3. The molecule has 0 aromatic heterocycles. The fraction of sp³-hybridized carbons (Fsp3) is 0.917. The monoisotopic (exact) mass is 213 g/mol. The number of rotatable bonds is 4. The first-order chi connectivity index (χ1) is 7.19. The molecule has 0 N–H and O–H groups in total. The Kier molecular flexibility index (Phi) is 5.09. The molecule has 1 aliphatic rings. The average Bonchev–Trinajstić information content (AvgIpc) is 2.28. The third-order valence-corrected chi connectivity index (χ3v) is 3.17. The number of amides is 1. The van der Waals surface area contributed by atoms with Crippen LogP contribution in [0.3, 0.4) is 0 Å². The molecule has 0 spiro atoms. The summed E-state index contributed by atoms with van der Waals surface area (Å²) in [7, 11) is 0. The van der Waals surface area contributed by atoms with Gasteiger partial charge in [0.1, 0.15) is 6.10 Å². The number of likely N-dealkylation sites (tertiary alicyclic amines) is 1. The zero-order valence-corrected chi connectivity index (χ0v) is 10.2. The maximum atomic E-state index is 12.0. The molecule has 3 nitrogen and oxygen atoms in total. The molecule has 2 unspecified atom stereocenters. The Hall–Kier alpha value is -0.570. The molecule has 1 amide bonds. The second-order valence-corrected chi connectivity index (χ2v) is 4.30. The van der Waals surface area contributed by atoms with Gasteiger partial charge in [-0.15, -0.1) is 0 Å². The molecule has 0 bridgehead atoms. The van der Waals surface area contributed by atoms with Gasteiger partial charge in [0.05, 0.1) is 0 Å². The fourth-order valence-electron chi connectivity index (χ4n) is 2.18. The van der Waals surface area contributed by atoms with Gasteiger partial charge in [-0.05, 0) is 32.6 Å². The molecule has 88 valence electrons. The number of piperidine rings is 1. The zero-order valence-electron chi connectivity index (χ0n) is 10.2. The van der Waals surface area contributed by atoms with E-state index in [-0.39, 0.29) is 12.0 Å². The summed E-state index contributed by atoms with van der Waals surface area (Å²) in [4.78, 5) is 13.9. The van der Waals surface area contributed by atoms with E-state index in [0.717, 1.165) is 19.5 Å². The Balaban J connectivity index is 2.44. The Morgan fingerprint density at radius 2 is 2.27 bits per heavy atom. The molecule has 0 aromatic rings. The summed E-state index contributed by atoms with van der Waals surface area (Å²) in [5.41, 5.74) is 0. The van der Waals surface area contributed by atoms with E-state index in [1.807, 2.05) is 18.7 Å². The van der Waals surface area contributed by atoms with Crippen LogP contribution in [0.2, 0.25) is 0 Å². The van der Waals surface area contributed by atoms with Crippen LogP contribution < -0.4 is 0 Å². The van der Waals surface area contributed by atoms with Crippen molar-refractivity contribution in [2.75, 3.05) is 19.7 Å². The molecular weight excluding hydrogens is 190 g/mol. The number of carbonyl (C=O) groups is 1. The average molecular weight is 213 g/mol. The lowest BCUT2D eigenvalue weighted by Gasteiger charge is -2.33. The Labute approximate surface area is 92.8 Å². The summed E-state index contributed by atoms with van der Waals surface area (Å²) in [5.74, 6) is 0.853. The Morgan fingerprint density at radius 3 is 2.87 bits per heavy atom. The van der Waals surface area contributed by atoms with Gasteiger partial charge in [-0.3, -0.25) is 4.79 Å². The van der Waals surface area contributed by atoms with E-state index in [1.54, 1.807) is 0 Å². The van der Waals surface area contributed by atoms with Crippen LogP contribution >= 0.6 is 0 Å². The third kappa shape index (κ3) is 3.49. The molecule has 0 radical (unpaired) electrons. The maximum Gasteiger partial charge on any atom is 0.251 e. The summed E-state index contributed by atoms with van der Waals surface area (Å²) < 4.78 is 5.33. The highest BCUT2D eigenvalue weighted by Crippen LogP contribution is 2.19. The van der Waals surface area contributed by atoms with Crippen molar-refractivity contribution in [2.24, 2.45) is 5.92 Å². The van der Waals surface area contributed by atoms with Crippen LogP contribution in [0.25, 0.3) is 0 Å². The number of hydrogen-bond donors (Lipinski definition) is 0. The van der Waals surface area contributed by atoms with Gasteiger partial charge < -0.3 is 9.64 Å². The highest BCUT2D eigenvalue weighted by molar-refractivity contribution is 5.80. The first-order valence-electron chi connectivity index (χ1n) is 6.09. The molecule has 0 aliphatic carbocycles. The molecule has 3 heteroatoms. The largest absolute Gasteiger partial charge is 0.369 e. The van der Waals surface area contributed by atoms with E-state index >= 15 is 0 Å². The molecule has 2 atom stereocenters. The summed E-state index contributed by atoms with van der Waals surface area (Å²) >= 11 is 0. The third-order valence-electron chi connectivity index (χ3n) is 3.17. The van der Waals surface area contributed by atoms with Gasteiger partial charge in [0, 0.05) is 19.7 Å². The molecule has 0 saturated carbocycles. The van der Waals surface area contributed by atoms with Gasteiger partial charge in [-0.25, -0.2) is 0 Å². The number of ether oxygens (including phenoxy) is 1. The normalized spacial score (nSPS) is 23.9. The van der Waals surface area contributed by atoms with E-state index in [4.69, 9.17) is 4.74 Å². The predicted octanol–water partition coefficient (Wildman–Crippen LogP) is 2.06. The van der Waals surface area contributed by atoms with Crippen LogP contribution in [0.4, 0.5) is 0 Å². The maximum absolute atomic E-state index is 12.0.